The summed E-state index contributed by atoms with van der Waals surface area (Å²) in [5.41, 5.74) is 1.70. The second-order valence-corrected chi connectivity index (χ2v) is 7.13. The fourth-order valence-corrected chi connectivity index (χ4v) is 3.64. The van der Waals surface area contributed by atoms with Gasteiger partial charge in [-0.15, -0.1) is 0 Å². The van der Waals surface area contributed by atoms with Gasteiger partial charge in [-0.05, 0) is 59.1 Å². The molecule has 24 heavy (non-hydrogen) atoms. The van der Waals surface area contributed by atoms with E-state index in [9.17, 15) is 4.79 Å². The van der Waals surface area contributed by atoms with Crippen LogP contribution in [-0.4, -0.2) is 32.7 Å². The minimum Gasteiger partial charge on any atom is -0.454 e. The molecule has 0 radical (unpaired) electrons. The molecule has 1 saturated heterocycles. The Morgan fingerprint density at radius 1 is 1.29 bits per heavy atom. The van der Waals surface area contributed by atoms with Gasteiger partial charge in [0.1, 0.15) is 5.76 Å². The standard InChI is InChI=1S/C18H24ClN3O2/c1-11-6-5-7-12(2)22(11)18(23)16-9-8-15(24-16)10-21-14(4)17(19)13(3)20-21/h8-9,11-12H,5-7,10H2,1-4H3. The van der Waals surface area contributed by atoms with Gasteiger partial charge in [0, 0.05) is 12.1 Å². The lowest BCUT2D eigenvalue weighted by molar-refractivity contribution is 0.0476. The SMILES string of the molecule is Cc1nn(Cc2ccc(C(=O)N3C(C)CCCC3C)o2)c(C)c1Cl. The Morgan fingerprint density at radius 2 is 1.96 bits per heavy atom. The predicted molar refractivity (Wildman–Crippen MR) is 93.5 cm³/mol. The number of rotatable bonds is 3. The smallest absolute Gasteiger partial charge is 0.290 e. The summed E-state index contributed by atoms with van der Waals surface area (Å²) in [5.74, 6) is 1.09. The number of hydrogen-bond acceptors (Lipinski definition) is 3. The van der Waals surface area contributed by atoms with Gasteiger partial charge in [0.15, 0.2) is 5.76 Å². The van der Waals surface area contributed by atoms with E-state index in [2.05, 4.69) is 18.9 Å². The number of hydrogen-bond donors (Lipinski definition) is 0. The van der Waals surface area contributed by atoms with Crippen molar-refractivity contribution in [3.63, 3.8) is 0 Å². The molecule has 3 rings (SSSR count). The molecule has 0 aliphatic carbocycles. The van der Waals surface area contributed by atoms with Gasteiger partial charge in [-0.25, -0.2) is 0 Å². The van der Waals surface area contributed by atoms with E-state index >= 15 is 0 Å². The van der Waals surface area contributed by atoms with Crippen molar-refractivity contribution in [3.8, 4) is 0 Å². The summed E-state index contributed by atoms with van der Waals surface area (Å²) in [5, 5.41) is 5.08. The fraction of sp³-hybridized carbons (Fsp3) is 0.556. The normalized spacial score (nSPS) is 21.3. The Balaban J connectivity index is 1.77. The molecule has 2 unspecified atom stereocenters. The van der Waals surface area contributed by atoms with Gasteiger partial charge in [-0.3, -0.25) is 9.48 Å². The molecule has 0 saturated carbocycles. The summed E-state index contributed by atoms with van der Waals surface area (Å²) in [6, 6.07) is 4.12. The summed E-state index contributed by atoms with van der Waals surface area (Å²) in [7, 11) is 0. The summed E-state index contributed by atoms with van der Waals surface area (Å²) in [6.45, 7) is 8.48. The van der Waals surface area contributed by atoms with Crippen molar-refractivity contribution >= 4 is 17.5 Å². The number of piperidine rings is 1. The minimum atomic E-state index is -0.0210. The molecule has 2 aromatic rings. The van der Waals surface area contributed by atoms with Gasteiger partial charge < -0.3 is 9.32 Å². The average Bonchev–Trinajstić information content (AvgIpc) is 3.09. The molecule has 1 amide bonds. The quantitative estimate of drug-likeness (QED) is 0.834. The average molecular weight is 350 g/mol. The van der Waals surface area contributed by atoms with Gasteiger partial charge in [-0.2, -0.15) is 5.10 Å². The molecule has 0 N–H and O–H groups in total. The Bertz CT molecular complexity index is 740. The summed E-state index contributed by atoms with van der Waals surface area (Å²) < 4.78 is 7.61. The van der Waals surface area contributed by atoms with E-state index in [0.717, 1.165) is 24.2 Å². The van der Waals surface area contributed by atoms with Crippen LogP contribution in [0.5, 0.6) is 0 Å². The van der Waals surface area contributed by atoms with Crippen LogP contribution in [0.1, 0.15) is 60.8 Å². The van der Waals surface area contributed by atoms with Crippen molar-refractivity contribution in [2.24, 2.45) is 0 Å². The Kier molecular flexibility index (Phi) is 4.72. The number of carbonyl (C=O) groups is 1. The molecule has 0 aromatic carbocycles. The number of nitrogens with zero attached hydrogens (tertiary/aromatic N) is 3. The van der Waals surface area contributed by atoms with E-state index in [-0.39, 0.29) is 18.0 Å². The van der Waals surface area contributed by atoms with Crippen LogP contribution in [0.2, 0.25) is 5.02 Å². The van der Waals surface area contributed by atoms with Crippen LogP contribution >= 0.6 is 11.6 Å². The Morgan fingerprint density at radius 3 is 2.54 bits per heavy atom. The van der Waals surface area contributed by atoms with Crippen molar-refractivity contribution < 1.29 is 9.21 Å². The van der Waals surface area contributed by atoms with E-state index < -0.39 is 0 Å². The van der Waals surface area contributed by atoms with Crippen molar-refractivity contribution in [3.05, 3.63) is 40.1 Å². The second kappa shape index (κ2) is 6.63. The van der Waals surface area contributed by atoms with Crippen molar-refractivity contribution in [1.29, 1.82) is 0 Å². The molecule has 1 aliphatic rings. The lowest BCUT2D eigenvalue weighted by atomic mass is 9.97. The van der Waals surface area contributed by atoms with Gasteiger partial charge in [0.2, 0.25) is 0 Å². The van der Waals surface area contributed by atoms with E-state index in [1.165, 1.54) is 6.42 Å². The van der Waals surface area contributed by atoms with Crippen molar-refractivity contribution in [1.82, 2.24) is 14.7 Å². The van der Waals surface area contributed by atoms with E-state index in [0.29, 0.717) is 23.1 Å². The third-order valence-corrected chi connectivity index (χ3v) is 5.45. The van der Waals surface area contributed by atoms with Crippen LogP contribution in [-0.2, 0) is 6.54 Å². The highest BCUT2D eigenvalue weighted by atomic mass is 35.5. The molecule has 2 atom stereocenters. The zero-order valence-corrected chi connectivity index (χ0v) is 15.4. The number of halogens is 1. The summed E-state index contributed by atoms with van der Waals surface area (Å²) >= 11 is 6.18. The van der Waals surface area contributed by atoms with Crippen LogP contribution in [0.4, 0.5) is 0 Å². The lowest BCUT2D eigenvalue weighted by Gasteiger charge is -2.38. The molecule has 3 heterocycles. The first-order chi connectivity index (χ1) is 11.4. The third kappa shape index (κ3) is 3.09. The molecule has 5 nitrogen and oxygen atoms in total. The van der Waals surface area contributed by atoms with Gasteiger partial charge >= 0.3 is 0 Å². The van der Waals surface area contributed by atoms with Crippen molar-refractivity contribution in [2.45, 2.75) is 65.6 Å². The first kappa shape index (κ1) is 17.1. The molecule has 1 fully saturated rings. The number of likely N-dealkylation sites (tertiary alicyclic amines) is 1. The molecule has 6 heteroatoms. The van der Waals surface area contributed by atoms with Crippen molar-refractivity contribution in [2.75, 3.05) is 0 Å². The van der Waals surface area contributed by atoms with Crippen LogP contribution < -0.4 is 0 Å². The molecule has 130 valence electrons. The number of carbonyl (C=O) groups excluding carboxylic acids is 1. The maximum absolute atomic E-state index is 12.8. The zero-order chi connectivity index (χ0) is 17.4. The Labute approximate surface area is 147 Å². The van der Waals surface area contributed by atoms with Crippen LogP contribution in [0, 0.1) is 13.8 Å². The van der Waals surface area contributed by atoms with Gasteiger partial charge in [0.25, 0.3) is 5.91 Å². The van der Waals surface area contributed by atoms with Crippen LogP contribution in [0.25, 0.3) is 0 Å². The molecule has 1 aliphatic heterocycles. The lowest BCUT2D eigenvalue weighted by Crippen LogP contribution is -2.47. The highest BCUT2D eigenvalue weighted by Gasteiger charge is 2.31. The topological polar surface area (TPSA) is 51.3 Å². The number of aryl methyl sites for hydroxylation is 1. The molecule has 2 aromatic heterocycles. The van der Waals surface area contributed by atoms with Gasteiger partial charge in [0.05, 0.1) is 23.0 Å². The number of amides is 1. The van der Waals surface area contributed by atoms with E-state index in [1.807, 2.05) is 24.8 Å². The third-order valence-electron chi connectivity index (χ3n) is 4.90. The Hall–Kier alpha value is -1.75. The summed E-state index contributed by atoms with van der Waals surface area (Å²) in [4.78, 5) is 14.8. The van der Waals surface area contributed by atoms with Crippen LogP contribution in [0.3, 0.4) is 0 Å². The largest absolute Gasteiger partial charge is 0.454 e. The first-order valence-electron chi connectivity index (χ1n) is 8.49. The molecular weight excluding hydrogens is 326 g/mol. The maximum Gasteiger partial charge on any atom is 0.290 e. The fourth-order valence-electron chi connectivity index (χ4n) is 3.50. The highest BCUT2D eigenvalue weighted by Crippen LogP contribution is 2.26. The highest BCUT2D eigenvalue weighted by molar-refractivity contribution is 6.31. The van der Waals surface area contributed by atoms with Crippen LogP contribution in [0.15, 0.2) is 16.5 Å². The van der Waals surface area contributed by atoms with E-state index in [4.69, 9.17) is 16.0 Å². The number of aromatic nitrogens is 2. The maximum atomic E-state index is 12.8. The number of furan rings is 1. The monoisotopic (exact) mass is 349 g/mol. The second-order valence-electron chi connectivity index (χ2n) is 6.75. The minimum absolute atomic E-state index is 0.0210. The van der Waals surface area contributed by atoms with E-state index in [1.54, 1.807) is 10.7 Å². The van der Waals surface area contributed by atoms with Gasteiger partial charge in [-0.1, -0.05) is 11.6 Å². The predicted octanol–water partition coefficient (Wildman–Crippen LogP) is 4.20. The molecule has 0 bridgehead atoms. The molecule has 0 spiro atoms. The summed E-state index contributed by atoms with van der Waals surface area (Å²) in [6.07, 6.45) is 3.27. The molecular formula is C18H24ClN3O2. The first-order valence-corrected chi connectivity index (χ1v) is 8.87. The zero-order valence-electron chi connectivity index (χ0n) is 14.7.